The lowest BCUT2D eigenvalue weighted by Crippen LogP contribution is -2.43. The summed E-state index contributed by atoms with van der Waals surface area (Å²) in [4.78, 5) is 1.87. The van der Waals surface area contributed by atoms with Crippen LogP contribution in [0.2, 0.25) is 0 Å². The standard InChI is InChI=1S/C8H18NO3/c1-7(11-3)9(5-6-10)8(2)12-4/h7-8H,5-6H2,1-4H3. The molecule has 12 heavy (non-hydrogen) atoms. The summed E-state index contributed by atoms with van der Waals surface area (Å²) in [5.74, 6) is 0. The van der Waals surface area contributed by atoms with Gasteiger partial charge in [0.15, 0.2) is 0 Å². The molecule has 0 saturated carbocycles. The van der Waals surface area contributed by atoms with Crippen molar-refractivity contribution in [1.82, 2.24) is 4.90 Å². The van der Waals surface area contributed by atoms with Gasteiger partial charge in [0.05, 0.1) is 6.61 Å². The molecule has 0 N–H and O–H groups in total. The summed E-state index contributed by atoms with van der Waals surface area (Å²) in [7, 11) is 3.23. The highest BCUT2D eigenvalue weighted by atomic mass is 16.5. The summed E-state index contributed by atoms with van der Waals surface area (Å²) in [5, 5.41) is 10.4. The molecule has 0 heterocycles. The summed E-state index contributed by atoms with van der Waals surface area (Å²) in [6.45, 7) is 4.10. The first-order valence-corrected chi connectivity index (χ1v) is 4.06. The summed E-state index contributed by atoms with van der Waals surface area (Å²) in [6, 6.07) is 0. The van der Waals surface area contributed by atoms with E-state index in [-0.39, 0.29) is 19.1 Å². The van der Waals surface area contributed by atoms with Crippen LogP contribution in [-0.4, -0.2) is 44.7 Å². The van der Waals surface area contributed by atoms with Gasteiger partial charge in [0, 0.05) is 20.8 Å². The van der Waals surface area contributed by atoms with Gasteiger partial charge in [-0.3, -0.25) is 4.90 Å². The number of ether oxygens (including phenoxy) is 2. The summed E-state index contributed by atoms with van der Waals surface area (Å²) >= 11 is 0. The Kier molecular flexibility index (Phi) is 6.28. The van der Waals surface area contributed by atoms with E-state index in [0.29, 0.717) is 6.54 Å². The summed E-state index contributed by atoms with van der Waals surface area (Å²) in [6.07, 6.45) is -0.150. The third kappa shape index (κ3) is 3.49. The van der Waals surface area contributed by atoms with Crippen molar-refractivity contribution in [3.8, 4) is 0 Å². The van der Waals surface area contributed by atoms with Gasteiger partial charge in [0.2, 0.25) is 0 Å². The largest absolute Gasteiger partial charge is 0.367 e. The van der Waals surface area contributed by atoms with E-state index in [0.717, 1.165) is 0 Å². The first-order valence-electron chi connectivity index (χ1n) is 4.06. The van der Waals surface area contributed by atoms with Gasteiger partial charge < -0.3 is 9.47 Å². The molecule has 4 nitrogen and oxygen atoms in total. The van der Waals surface area contributed by atoms with Crippen molar-refractivity contribution in [3.05, 3.63) is 0 Å². The molecule has 0 aromatic heterocycles. The Morgan fingerprint density at radius 2 is 1.58 bits per heavy atom. The molecule has 0 aliphatic carbocycles. The highest BCUT2D eigenvalue weighted by molar-refractivity contribution is 4.60. The molecule has 0 aromatic rings. The average Bonchev–Trinajstić information content (AvgIpc) is 2.11. The van der Waals surface area contributed by atoms with Crippen molar-refractivity contribution >= 4 is 0 Å². The maximum absolute atomic E-state index is 10.4. The smallest absolute Gasteiger partial charge is 0.109 e. The molecule has 0 aliphatic heterocycles. The van der Waals surface area contributed by atoms with Crippen LogP contribution in [0.15, 0.2) is 0 Å². The van der Waals surface area contributed by atoms with Crippen LogP contribution in [0.4, 0.5) is 0 Å². The van der Waals surface area contributed by atoms with E-state index in [1.807, 2.05) is 18.7 Å². The Labute approximate surface area is 74.1 Å². The molecule has 0 aromatic carbocycles. The van der Waals surface area contributed by atoms with E-state index < -0.39 is 0 Å². The molecule has 0 bridgehead atoms. The second-order valence-electron chi connectivity index (χ2n) is 2.61. The van der Waals surface area contributed by atoms with Gasteiger partial charge in [0.25, 0.3) is 0 Å². The first kappa shape index (κ1) is 11.8. The lowest BCUT2D eigenvalue weighted by Gasteiger charge is -2.31. The number of nitrogens with zero attached hydrogens (tertiary/aromatic N) is 1. The third-order valence-corrected chi connectivity index (χ3v) is 1.97. The van der Waals surface area contributed by atoms with Crippen LogP contribution in [0, 0.1) is 0 Å². The van der Waals surface area contributed by atoms with Crippen LogP contribution in [0.5, 0.6) is 0 Å². The van der Waals surface area contributed by atoms with E-state index in [9.17, 15) is 5.11 Å². The molecular formula is C8H18NO3. The third-order valence-electron chi connectivity index (χ3n) is 1.97. The number of hydrogen-bond acceptors (Lipinski definition) is 3. The fourth-order valence-corrected chi connectivity index (χ4v) is 1.04. The predicted molar refractivity (Wildman–Crippen MR) is 45.2 cm³/mol. The van der Waals surface area contributed by atoms with E-state index >= 15 is 0 Å². The van der Waals surface area contributed by atoms with Crippen molar-refractivity contribution < 1.29 is 14.6 Å². The molecule has 0 fully saturated rings. The van der Waals surface area contributed by atoms with Crippen molar-refractivity contribution in [2.45, 2.75) is 26.3 Å². The summed E-state index contributed by atoms with van der Waals surface area (Å²) in [5.41, 5.74) is 0. The van der Waals surface area contributed by atoms with Gasteiger partial charge in [-0.1, -0.05) is 0 Å². The number of rotatable bonds is 6. The number of hydrogen-bond donors (Lipinski definition) is 0. The Morgan fingerprint density at radius 3 is 1.83 bits per heavy atom. The van der Waals surface area contributed by atoms with Crippen LogP contribution in [0.1, 0.15) is 13.8 Å². The zero-order valence-electron chi connectivity index (χ0n) is 8.24. The van der Waals surface area contributed by atoms with Crippen LogP contribution in [-0.2, 0) is 14.6 Å². The van der Waals surface area contributed by atoms with Crippen molar-refractivity contribution in [1.29, 1.82) is 0 Å². The Bertz CT molecular complexity index is 100. The van der Waals surface area contributed by atoms with Gasteiger partial charge in [-0.05, 0) is 13.8 Å². The van der Waals surface area contributed by atoms with Gasteiger partial charge >= 0.3 is 0 Å². The second kappa shape index (κ2) is 6.37. The van der Waals surface area contributed by atoms with Crippen LogP contribution in [0.25, 0.3) is 0 Å². The average molecular weight is 176 g/mol. The molecule has 0 rings (SSSR count). The molecule has 1 radical (unpaired) electrons. The quantitative estimate of drug-likeness (QED) is 0.559. The Balaban J connectivity index is 4.01. The molecular weight excluding hydrogens is 158 g/mol. The molecule has 0 aliphatic rings. The normalized spacial score (nSPS) is 16.5. The van der Waals surface area contributed by atoms with E-state index in [1.165, 1.54) is 0 Å². The van der Waals surface area contributed by atoms with Gasteiger partial charge in [0.1, 0.15) is 12.5 Å². The fourth-order valence-electron chi connectivity index (χ4n) is 1.04. The predicted octanol–water partition coefficient (Wildman–Crippen LogP) is 0.704. The minimum absolute atomic E-state index is 0.0751. The molecule has 4 heteroatoms. The second-order valence-corrected chi connectivity index (χ2v) is 2.61. The van der Waals surface area contributed by atoms with Crippen LogP contribution < -0.4 is 0 Å². The maximum Gasteiger partial charge on any atom is 0.109 e. The molecule has 73 valence electrons. The summed E-state index contributed by atoms with van der Waals surface area (Å²) < 4.78 is 10.2. The molecule has 0 saturated heterocycles. The van der Waals surface area contributed by atoms with E-state index in [2.05, 4.69) is 0 Å². The lowest BCUT2D eigenvalue weighted by atomic mass is 10.4. The highest BCUT2D eigenvalue weighted by Gasteiger charge is 2.18. The zero-order valence-corrected chi connectivity index (χ0v) is 8.24. The molecule has 0 amide bonds. The van der Waals surface area contributed by atoms with E-state index in [1.54, 1.807) is 14.2 Å². The topological polar surface area (TPSA) is 41.6 Å². The first-order chi connectivity index (χ1) is 5.67. The zero-order chi connectivity index (χ0) is 9.56. The van der Waals surface area contributed by atoms with Crippen molar-refractivity contribution in [3.63, 3.8) is 0 Å². The fraction of sp³-hybridized carbons (Fsp3) is 1.00. The lowest BCUT2D eigenvalue weighted by molar-refractivity contribution is -0.123. The minimum atomic E-state index is -0.137. The Hall–Kier alpha value is -0.160. The highest BCUT2D eigenvalue weighted by Crippen LogP contribution is 2.05. The minimum Gasteiger partial charge on any atom is -0.367 e. The Morgan fingerprint density at radius 1 is 1.17 bits per heavy atom. The van der Waals surface area contributed by atoms with E-state index in [4.69, 9.17) is 9.47 Å². The van der Waals surface area contributed by atoms with Gasteiger partial charge in [-0.15, -0.1) is 0 Å². The number of methoxy groups -OCH3 is 2. The molecule has 2 unspecified atom stereocenters. The van der Waals surface area contributed by atoms with Crippen molar-refractivity contribution in [2.75, 3.05) is 27.4 Å². The maximum atomic E-state index is 10.4. The SMILES string of the molecule is COC(C)N(CC[O])C(C)OC. The van der Waals surface area contributed by atoms with Crippen molar-refractivity contribution in [2.24, 2.45) is 0 Å². The van der Waals surface area contributed by atoms with Gasteiger partial charge in [-0.2, -0.15) is 0 Å². The van der Waals surface area contributed by atoms with Crippen LogP contribution >= 0.6 is 0 Å². The monoisotopic (exact) mass is 176 g/mol. The molecule has 0 spiro atoms. The van der Waals surface area contributed by atoms with Gasteiger partial charge in [-0.25, -0.2) is 5.11 Å². The van der Waals surface area contributed by atoms with Crippen LogP contribution in [0.3, 0.4) is 0 Å². The molecule has 2 atom stereocenters.